The first-order chi connectivity index (χ1) is 15.3. The number of carbonyl (C=O) groups excluding carboxylic acids is 1. The molecule has 9 heteroatoms. The van der Waals surface area contributed by atoms with Gasteiger partial charge in [0.25, 0.3) is 0 Å². The van der Waals surface area contributed by atoms with E-state index < -0.39 is 17.5 Å². The summed E-state index contributed by atoms with van der Waals surface area (Å²) < 4.78 is 38.3. The fourth-order valence-corrected chi connectivity index (χ4v) is 4.95. The zero-order valence-electron chi connectivity index (χ0n) is 17.7. The van der Waals surface area contributed by atoms with Crippen LogP contribution >= 0.6 is 0 Å². The predicted octanol–water partition coefficient (Wildman–Crippen LogP) is 4.23. The molecule has 6 nitrogen and oxygen atoms in total. The highest BCUT2D eigenvalue weighted by molar-refractivity contribution is 5.95. The summed E-state index contributed by atoms with van der Waals surface area (Å²) in [4.78, 5) is 21.0. The summed E-state index contributed by atoms with van der Waals surface area (Å²) in [5.41, 5.74) is 1.02. The number of nitrogens with zero attached hydrogens (tertiary/aromatic N) is 3. The number of carbonyl (C=O) groups is 1. The molecule has 3 fully saturated rings. The minimum absolute atomic E-state index is 0.120. The van der Waals surface area contributed by atoms with Crippen molar-refractivity contribution in [2.75, 3.05) is 18.0 Å². The van der Waals surface area contributed by atoms with Gasteiger partial charge in [-0.2, -0.15) is 13.2 Å². The Balaban J connectivity index is 1.31. The van der Waals surface area contributed by atoms with E-state index in [0.717, 1.165) is 50.5 Å². The molecule has 2 saturated carbocycles. The topological polar surface area (TPSA) is 70.2 Å². The van der Waals surface area contributed by atoms with Gasteiger partial charge in [0, 0.05) is 5.54 Å². The fraction of sp³-hybridized carbons (Fsp3) is 0.522. The Hall–Kier alpha value is -2.68. The van der Waals surface area contributed by atoms with Crippen LogP contribution in [0.5, 0.6) is 0 Å². The number of alkyl halides is 3. The summed E-state index contributed by atoms with van der Waals surface area (Å²) in [6, 6.07) is 10.2. The fourth-order valence-electron chi connectivity index (χ4n) is 4.95. The first-order valence-corrected chi connectivity index (χ1v) is 11.1. The van der Waals surface area contributed by atoms with Crippen LogP contribution in [0.4, 0.5) is 23.7 Å². The van der Waals surface area contributed by atoms with E-state index >= 15 is 0 Å². The normalized spacial score (nSPS) is 28.2. The van der Waals surface area contributed by atoms with Crippen molar-refractivity contribution < 1.29 is 18.0 Å². The van der Waals surface area contributed by atoms with Gasteiger partial charge in [-0.15, -0.1) is 0 Å². The minimum Gasteiger partial charge on any atom is -0.330 e. The summed E-state index contributed by atoms with van der Waals surface area (Å²) in [5.74, 6) is -0.449. The van der Waals surface area contributed by atoms with Crippen molar-refractivity contribution in [3.8, 4) is 0 Å². The second kappa shape index (κ2) is 7.72. The summed E-state index contributed by atoms with van der Waals surface area (Å²) in [6.07, 6.45) is 3.41. The van der Waals surface area contributed by atoms with Crippen LogP contribution in [-0.2, 0) is 11.7 Å². The molecule has 0 atom stereocenters. The van der Waals surface area contributed by atoms with Gasteiger partial charge < -0.3 is 10.6 Å². The maximum absolute atomic E-state index is 12.8. The molecule has 1 aliphatic heterocycles. The summed E-state index contributed by atoms with van der Waals surface area (Å²) in [5, 5.41) is 6.95. The molecular weight excluding hydrogens is 419 g/mol. The Morgan fingerprint density at radius 2 is 1.72 bits per heavy atom. The molecule has 5 rings (SSSR count). The Labute approximate surface area is 184 Å². The Bertz CT molecular complexity index is 967. The van der Waals surface area contributed by atoms with E-state index in [4.69, 9.17) is 0 Å². The van der Waals surface area contributed by atoms with Crippen LogP contribution in [0.25, 0.3) is 0 Å². The van der Waals surface area contributed by atoms with Crippen molar-refractivity contribution in [2.24, 2.45) is 5.92 Å². The van der Waals surface area contributed by atoms with Crippen LogP contribution in [0.1, 0.15) is 49.9 Å². The van der Waals surface area contributed by atoms with Crippen LogP contribution < -0.4 is 15.5 Å². The average molecular weight is 445 g/mol. The highest BCUT2D eigenvalue weighted by atomic mass is 19.4. The lowest BCUT2D eigenvalue weighted by molar-refractivity contribution is -0.144. The molecule has 1 aromatic heterocycles. The molecule has 3 aliphatic rings. The maximum atomic E-state index is 12.8. The first kappa shape index (κ1) is 21.2. The van der Waals surface area contributed by atoms with Gasteiger partial charge in [0.2, 0.25) is 5.82 Å². The van der Waals surface area contributed by atoms with E-state index in [1.54, 1.807) is 0 Å². The monoisotopic (exact) mass is 445 g/mol. The SMILES string of the molecule is O=C1N[C@]2(CC[C@@](NCC3CC3)(c3ccccc3)CC2)CN1c1cnc(C(F)(F)F)nc1. The number of anilines is 1. The Morgan fingerprint density at radius 3 is 2.31 bits per heavy atom. The van der Waals surface area contributed by atoms with Gasteiger partial charge in [-0.25, -0.2) is 14.8 Å². The molecule has 0 bridgehead atoms. The van der Waals surface area contributed by atoms with Crippen LogP contribution in [0.3, 0.4) is 0 Å². The quantitative estimate of drug-likeness (QED) is 0.723. The van der Waals surface area contributed by atoms with Crippen LogP contribution in [-0.4, -0.2) is 34.6 Å². The Kier molecular flexibility index (Phi) is 5.11. The summed E-state index contributed by atoms with van der Waals surface area (Å²) >= 11 is 0. The van der Waals surface area contributed by atoms with Crippen molar-refractivity contribution in [3.05, 3.63) is 54.1 Å². The molecule has 1 saturated heterocycles. The zero-order valence-corrected chi connectivity index (χ0v) is 17.7. The van der Waals surface area contributed by atoms with E-state index in [-0.39, 0.29) is 17.3 Å². The van der Waals surface area contributed by atoms with Crippen LogP contribution in [0.2, 0.25) is 0 Å². The van der Waals surface area contributed by atoms with Crippen LogP contribution in [0.15, 0.2) is 42.7 Å². The number of urea groups is 1. The number of benzene rings is 1. The molecule has 32 heavy (non-hydrogen) atoms. The number of halogens is 3. The molecule has 2 aliphatic carbocycles. The molecular formula is C23H26F3N5O. The number of nitrogens with one attached hydrogen (secondary N) is 2. The van der Waals surface area contributed by atoms with E-state index in [9.17, 15) is 18.0 Å². The molecule has 1 spiro atoms. The van der Waals surface area contributed by atoms with Crippen molar-refractivity contribution in [2.45, 2.75) is 55.8 Å². The third-order valence-corrected chi connectivity index (χ3v) is 7.09. The van der Waals surface area contributed by atoms with E-state index in [1.807, 2.05) is 6.07 Å². The van der Waals surface area contributed by atoms with E-state index in [2.05, 4.69) is 44.9 Å². The number of hydrogen-bond donors (Lipinski definition) is 2. The van der Waals surface area contributed by atoms with Gasteiger partial charge in [-0.3, -0.25) is 4.90 Å². The molecule has 2 aromatic rings. The lowest BCUT2D eigenvalue weighted by atomic mass is 9.69. The van der Waals surface area contributed by atoms with Gasteiger partial charge in [0.1, 0.15) is 0 Å². The van der Waals surface area contributed by atoms with Crippen molar-refractivity contribution in [1.82, 2.24) is 20.6 Å². The van der Waals surface area contributed by atoms with Gasteiger partial charge >= 0.3 is 12.2 Å². The van der Waals surface area contributed by atoms with Crippen molar-refractivity contribution in [3.63, 3.8) is 0 Å². The van der Waals surface area contributed by atoms with Crippen molar-refractivity contribution >= 4 is 11.7 Å². The second-order valence-electron chi connectivity index (χ2n) is 9.33. The number of rotatable bonds is 5. The number of hydrogen-bond acceptors (Lipinski definition) is 4. The molecule has 2 amide bonds. The Morgan fingerprint density at radius 1 is 1.06 bits per heavy atom. The first-order valence-electron chi connectivity index (χ1n) is 11.1. The molecule has 2 N–H and O–H groups in total. The zero-order chi connectivity index (χ0) is 22.4. The van der Waals surface area contributed by atoms with Gasteiger partial charge in [0.15, 0.2) is 0 Å². The molecule has 1 aromatic carbocycles. The summed E-state index contributed by atoms with van der Waals surface area (Å²) in [6.45, 7) is 1.40. The van der Waals surface area contributed by atoms with Crippen molar-refractivity contribution in [1.29, 1.82) is 0 Å². The largest absolute Gasteiger partial charge is 0.451 e. The lowest BCUT2D eigenvalue weighted by Gasteiger charge is -2.45. The third-order valence-electron chi connectivity index (χ3n) is 7.09. The molecule has 170 valence electrons. The number of aromatic nitrogens is 2. The highest BCUT2D eigenvalue weighted by Crippen LogP contribution is 2.44. The van der Waals surface area contributed by atoms with E-state index in [0.29, 0.717) is 6.54 Å². The van der Waals surface area contributed by atoms with Gasteiger partial charge in [-0.05, 0) is 56.6 Å². The minimum atomic E-state index is -4.61. The standard InChI is InChI=1S/C23H26F3N5O/c24-23(25,26)19-27-13-18(14-28-19)31-15-21(30-20(31)32)8-10-22(11-9-21,29-12-16-6-7-16)17-4-2-1-3-5-17/h1-5,13-14,16,29H,6-12,15H2,(H,30,32)/t21-,22-. The van der Waals surface area contributed by atoms with Crippen LogP contribution in [0, 0.1) is 5.92 Å². The molecule has 0 unspecified atom stereocenters. The lowest BCUT2D eigenvalue weighted by Crippen LogP contribution is -2.54. The highest BCUT2D eigenvalue weighted by Gasteiger charge is 2.50. The smallest absolute Gasteiger partial charge is 0.330 e. The maximum Gasteiger partial charge on any atom is 0.451 e. The molecule has 2 heterocycles. The summed E-state index contributed by atoms with van der Waals surface area (Å²) in [7, 11) is 0. The molecule has 0 radical (unpaired) electrons. The second-order valence-corrected chi connectivity index (χ2v) is 9.33. The van der Waals surface area contributed by atoms with Gasteiger partial charge in [0.05, 0.1) is 30.2 Å². The van der Waals surface area contributed by atoms with E-state index in [1.165, 1.54) is 23.3 Å². The third kappa shape index (κ3) is 4.05. The average Bonchev–Trinajstić information content (AvgIpc) is 3.57. The predicted molar refractivity (Wildman–Crippen MR) is 113 cm³/mol. The van der Waals surface area contributed by atoms with Gasteiger partial charge in [-0.1, -0.05) is 30.3 Å². The number of amides is 2.